The van der Waals surface area contributed by atoms with E-state index in [4.69, 9.17) is 22.1 Å². The molecule has 5 heteroatoms. The fourth-order valence-electron chi connectivity index (χ4n) is 1.44. The summed E-state index contributed by atoms with van der Waals surface area (Å²) >= 11 is 5.94. The lowest BCUT2D eigenvalue weighted by molar-refractivity contribution is 0.0982. The van der Waals surface area contributed by atoms with Crippen molar-refractivity contribution in [1.82, 2.24) is 0 Å². The zero-order valence-electron chi connectivity index (χ0n) is 9.21. The highest BCUT2D eigenvalue weighted by atomic mass is 35.5. The van der Waals surface area contributed by atoms with Gasteiger partial charge in [-0.1, -0.05) is 11.6 Å². The number of methoxy groups -OCH3 is 1. The number of carbonyl (C=O) groups is 1. The van der Waals surface area contributed by atoms with Gasteiger partial charge in [0.15, 0.2) is 17.3 Å². The molecule has 0 fully saturated rings. The summed E-state index contributed by atoms with van der Waals surface area (Å²) in [6.45, 7) is 1.93. The minimum Gasteiger partial charge on any atom is -0.504 e. The molecular formula is C11H14ClNO3. The van der Waals surface area contributed by atoms with Crippen LogP contribution in [0.4, 0.5) is 0 Å². The third kappa shape index (κ3) is 2.28. The first-order chi connectivity index (χ1) is 7.52. The summed E-state index contributed by atoms with van der Waals surface area (Å²) in [7, 11) is 1.41. The Kier molecular flexibility index (Phi) is 4.15. The molecule has 0 aliphatic rings. The monoisotopic (exact) mass is 243 g/mol. The lowest BCUT2D eigenvalue weighted by atomic mass is 10.0. The van der Waals surface area contributed by atoms with Crippen LogP contribution < -0.4 is 10.5 Å². The lowest BCUT2D eigenvalue weighted by Gasteiger charge is -2.12. The van der Waals surface area contributed by atoms with Crippen molar-refractivity contribution in [2.45, 2.75) is 13.3 Å². The summed E-state index contributed by atoms with van der Waals surface area (Å²) in [6, 6.07) is 1.44. The molecule has 0 spiro atoms. The third-order valence-electron chi connectivity index (χ3n) is 2.32. The zero-order valence-corrected chi connectivity index (χ0v) is 9.97. The van der Waals surface area contributed by atoms with E-state index < -0.39 is 0 Å². The first-order valence-electron chi connectivity index (χ1n) is 4.82. The summed E-state index contributed by atoms with van der Waals surface area (Å²) in [6.07, 6.45) is 0.163. The van der Waals surface area contributed by atoms with Crippen LogP contribution >= 0.6 is 11.6 Å². The molecule has 0 aliphatic carbocycles. The van der Waals surface area contributed by atoms with E-state index in [0.717, 1.165) is 0 Å². The van der Waals surface area contributed by atoms with Gasteiger partial charge in [0, 0.05) is 17.0 Å². The Hall–Kier alpha value is -1.26. The molecule has 0 unspecified atom stereocenters. The topological polar surface area (TPSA) is 72.5 Å². The number of benzene rings is 1. The van der Waals surface area contributed by atoms with Gasteiger partial charge >= 0.3 is 0 Å². The number of hydrogen-bond donors (Lipinski definition) is 2. The van der Waals surface area contributed by atoms with Crippen LogP contribution in [-0.2, 0) is 0 Å². The average Bonchev–Trinajstić information content (AvgIpc) is 2.24. The minimum atomic E-state index is -0.250. The number of phenolic OH excluding ortho intramolecular Hbond substituents is 1. The van der Waals surface area contributed by atoms with Gasteiger partial charge in [-0.3, -0.25) is 4.79 Å². The van der Waals surface area contributed by atoms with Gasteiger partial charge in [0.2, 0.25) is 0 Å². The smallest absolute Gasteiger partial charge is 0.169 e. The van der Waals surface area contributed by atoms with Gasteiger partial charge in [0.05, 0.1) is 12.7 Å². The summed E-state index contributed by atoms with van der Waals surface area (Å²) in [4.78, 5) is 11.6. The van der Waals surface area contributed by atoms with Crippen molar-refractivity contribution < 1.29 is 14.6 Å². The molecular weight excluding hydrogens is 230 g/mol. The Bertz CT molecular complexity index is 418. The molecule has 0 radical (unpaired) electrons. The van der Waals surface area contributed by atoms with Crippen LogP contribution in [0.2, 0.25) is 5.02 Å². The van der Waals surface area contributed by atoms with Gasteiger partial charge in [-0.2, -0.15) is 0 Å². The number of ketones is 1. The maximum atomic E-state index is 11.6. The van der Waals surface area contributed by atoms with Crippen LogP contribution in [0.3, 0.4) is 0 Å². The molecule has 88 valence electrons. The molecule has 16 heavy (non-hydrogen) atoms. The second-order valence-corrected chi connectivity index (χ2v) is 3.78. The lowest BCUT2D eigenvalue weighted by Crippen LogP contribution is -2.09. The van der Waals surface area contributed by atoms with Crippen LogP contribution in [0.1, 0.15) is 22.3 Å². The van der Waals surface area contributed by atoms with Gasteiger partial charge in [-0.05, 0) is 19.5 Å². The summed E-state index contributed by atoms with van der Waals surface area (Å²) in [5.41, 5.74) is 6.04. The van der Waals surface area contributed by atoms with Crippen molar-refractivity contribution >= 4 is 17.4 Å². The Morgan fingerprint density at radius 1 is 1.62 bits per heavy atom. The molecule has 0 aromatic heterocycles. The zero-order chi connectivity index (χ0) is 12.3. The second kappa shape index (κ2) is 5.18. The van der Waals surface area contributed by atoms with Gasteiger partial charge in [-0.25, -0.2) is 0 Å². The van der Waals surface area contributed by atoms with Gasteiger partial charge < -0.3 is 15.6 Å². The van der Waals surface area contributed by atoms with E-state index in [1.165, 1.54) is 13.2 Å². The Morgan fingerprint density at radius 2 is 2.25 bits per heavy atom. The van der Waals surface area contributed by atoms with Crippen LogP contribution in [-0.4, -0.2) is 24.5 Å². The Labute approximate surface area is 99.0 Å². The molecule has 1 aromatic carbocycles. The van der Waals surface area contributed by atoms with Crippen molar-refractivity contribution in [3.63, 3.8) is 0 Å². The molecule has 0 atom stereocenters. The summed E-state index contributed by atoms with van der Waals surface area (Å²) in [5, 5.41) is 10.2. The molecule has 1 rings (SSSR count). The predicted octanol–water partition coefficient (Wildman–Crippen LogP) is 1.89. The number of rotatable bonds is 4. The van der Waals surface area contributed by atoms with E-state index in [-0.39, 0.29) is 35.8 Å². The predicted molar refractivity (Wildman–Crippen MR) is 62.4 cm³/mol. The standard InChI is InChI=1S/C11H14ClNO3/c1-6-8(12)5-7(9(14)3-4-13)10(15)11(6)16-2/h5,15H,3-4,13H2,1-2H3. The molecule has 0 saturated heterocycles. The van der Waals surface area contributed by atoms with E-state index >= 15 is 0 Å². The van der Waals surface area contributed by atoms with E-state index in [0.29, 0.717) is 10.6 Å². The largest absolute Gasteiger partial charge is 0.504 e. The molecule has 4 nitrogen and oxygen atoms in total. The van der Waals surface area contributed by atoms with Crippen LogP contribution in [0.5, 0.6) is 11.5 Å². The first-order valence-corrected chi connectivity index (χ1v) is 5.20. The number of phenols is 1. The maximum Gasteiger partial charge on any atom is 0.169 e. The number of nitrogens with two attached hydrogens (primary N) is 1. The molecule has 0 saturated carbocycles. The molecule has 0 heterocycles. The van der Waals surface area contributed by atoms with Gasteiger partial charge in [-0.15, -0.1) is 0 Å². The minimum absolute atomic E-state index is 0.151. The molecule has 3 N–H and O–H groups in total. The van der Waals surface area contributed by atoms with E-state index in [1.807, 2.05) is 0 Å². The summed E-state index contributed by atoms with van der Waals surface area (Å²) < 4.78 is 5.01. The normalized spacial score (nSPS) is 10.2. The fraction of sp³-hybridized carbons (Fsp3) is 0.364. The number of carbonyl (C=O) groups excluding carboxylic acids is 1. The highest BCUT2D eigenvalue weighted by Crippen LogP contribution is 2.38. The van der Waals surface area contributed by atoms with Crippen molar-refractivity contribution in [1.29, 1.82) is 0 Å². The van der Waals surface area contributed by atoms with Crippen molar-refractivity contribution in [2.24, 2.45) is 5.73 Å². The van der Waals surface area contributed by atoms with Gasteiger partial charge in [0.25, 0.3) is 0 Å². The number of Topliss-reactive ketones (excluding diaryl/α,β-unsaturated/α-hetero) is 1. The maximum absolute atomic E-state index is 11.6. The molecule has 1 aromatic rings. The van der Waals surface area contributed by atoms with E-state index in [9.17, 15) is 9.90 Å². The third-order valence-corrected chi connectivity index (χ3v) is 2.71. The van der Waals surface area contributed by atoms with Crippen molar-refractivity contribution in [2.75, 3.05) is 13.7 Å². The highest BCUT2D eigenvalue weighted by Gasteiger charge is 2.19. The van der Waals surface area contributed by atoms with Crippen LogP contribution in [0, 0.1) is 6.92 Å². The van der Waals surface area contributed by atoms with Crippen molar-refractivity contribution in [3.8, 4) is 11.5 Å². The van der Waals surface area contributed by atoms with Crippen LogP contribution in [0.15, 0.2) is 6.07 Å². The molecule has 0 bridgehead atoms. The Balaban J connectivity index is 3.31. The quantitative estimate of drug-likeness (QED) is 0.793. The fourth-order valence-corrected chi connectivity index (χ4v) is 1.63. The SMILES string of the molecule is COc1c(C)c(Cl)cc(C(=O)CCN)c1O. The summed E-state index contributed by atoms with van der Waals surface area (Å²) in [5.74, 6) is -0.198. The second-order valence-electron chi connectivity index (χ2n) is 3.37. The van der Waals surface area contributed by atoms with E-state index in [1.54, 1.807) is 6.92 Å². The van der Waals surface area contributed by atoms with E-state index in [2.05, 4.69) is 0 Å². The number of aromatic hydroxyl groups is 1. The molecule has 0 aliphatic heterocycles. The highest BCUT2D eigenvalue weighted by molar-refractivity contribution is 6.32. The molecule has 0 amide bonds. The number of ether oxygens (including phenoxy) is 1. The average molecular weight is 244 g/mol. The Morgan fingerprint density at radius 3 is 2.75 bits per heavy atom. The van der Waals surface area contributed by atoms with Gasteiger partial charge in [0.1, 0.15) is 0 Å². The number of hydrogen-bond acceptors (Lipinski definition) is 4. The number of halogens is 1. The van der Waals surface area contributed by atoms with Crippen molar-refractivity contribution in [3.05, 3.63) is 22.2 Å². The van der Waals surface area contributed by atoms with Crippen LogP contribution in [0.25, 0.3) is 0 Å². The first kappa shape index (κ1) is 12.8.